The molecule has 0 fully saturated rings. The van der Waals surface area contributed by atoms with Crippen molar-refractivity contribution in [3.63, 3.8) is 0 Å². The highest BCUT2D eigenvalue weighted by atomic mass is 14.9. The van der Waals surface area contributed by atoms with Gasteiger partial charge in [-0.3, -0.25) is 4.99 Å². The summed E-state index contributed by atoms with van der Waals surface area (Å²) in [6.07, 6.45) is 0. The molecule has 0 saturated heterocycles. The van der Waals surface area contributed by atoms with Crippen molar-refractivity contribution in [2.24, 2.45) is 9.98 Å². The van der Waals surface area contributed by atoms with Crippen LogP contribution in [0.25, 0.3) is 11.1 Å². The monoisotopic (exact) mass is 402 g/mol. The number of aryl methyl sites for hydroxylation is 1. The first-order valence-corrected chi connectivity index (χ1v) is 10.6. The molecule has 0 aliphatic rings. The Hall–Kier alpha value is -3.78. The minimum atomic E-state index is 0.599. The molecule has 0 N–H and O–H groups in total. The Morgan fingerprint density at radius 1 is 0.613 bits per heavy atom. The molecule has 2 heteroatoms. The summed E-state index contributed by atoms with van der Waals surface area (Å²) in [5.41, 5.74) is 7.89. The summed E-state index contributed by atoms with van der Waals surface area (Å²) in [5.74, 6) is 0.751. The fourth-order valence-corrected chi connectivity index (χ4v) is 3.40. The Morgan fingerprint density at radius 2 is 1.19 bits per heavy atom. The van der Waals surface area contributed by atoms with Gasteiger partial charge in [-0.05, 0) is 36.1 Å². The van der Waals surface area contributed by atoms with E-state index in [4.69, 9.17) is 9.98 Å². The van der Waals surface area contributed by atoms with Crippen LogP contribution in [-0.2, 0) is 6.54 Å². The van der Waals surface area contributed by atoms with Crippen LogP contribution >= 0.6 is 0 Å². The minimum absolute atomic E-state index is 0.599. The van der Waals surface area contributed by atoms with Crippen LogP contribution in [-0.4, -0.2) is 11.5 Å². The molecule has 0 amide bonds. The van der Waals surface area contributed by atoms with E-state index in [2.05, 4.69) is 91.9 Å². The van der Waals surface area contributed by atoms with Gasteiger partial charge in [-0.25, -0.2) is 4.99 Å². The lowest BCUT2D eigenvalue weighted by Gasteiger charge is -2.08. The zero-order valence-corrected chi connectivity index (χ0v) is 18.0. The van der Waals surface area contributed by atoms with Crippen molar-refractivity contribution in [2.75, 3.05) is 0 Å². The molecule has 0 atom stereocenters. The Balaban J connectivity index is 1.67. The van der Waals surface area contributed by atoms with Gasteiger partial charge in [0, 0.05) is 11.3 Å². The van der Waals surface area contributed by atoms with Gasteiger partial charge in [-0.1, -0.05) is 115 Å². The van der Waals surface area contributed by atoms with Crippen LogP contribution in [0.1, 0.15) is 29.2 Å². The van der Waals surface area contributed by atoms with E-state index in [1.165, 1.54) is 22.3 Å². The van der Waals surface area contributed by atoms with E-state index < -0.39 is 0 Å². The van der Waals surface area contributed by atoms with Crippen molar-refractivity contribution in [1.29, 1.82) is 0 Å². The largest absolute Gasteiger partial charge is 0.261 e. The highest BCUT2D eigenvalue weighted by Gasteiger charge is 2.06. The second-order valence-corrected chi connectivity index (χ2v) is 7.63. The molecule has 0 spiro atoms. The number of aliphatic imine (C=N–C) groups is 2. The fraction of sp³-hybridized carbons (Fsp3) is 0.103. The molecule has 4 aromatic carbocycles. The van der Waals surface area contributed by atoms with Crippen molar-refractivity contribution in [2.45, 2.75) is 20.4 Å². The van der Waals surface area contributed by atoms with Gasteiger partial charge in [0.2, 0.25) is 0 Å². The summed E-state index contributed by atoms with van der Waals surface area (Å²) < 4.78 is 0. The Morgan fingerprint density at radius 3 is 1.84 bits per heavy atom. The topological polar surface area (TPSA) is 24.7 Å². The van der Waals surface area contributed by atoms with E-state index in [0.29, 0.717) is 6.54 Å². The quantitative estimate of drug-likeness (QED) is 0.251. The molecule has 0 aromatic heterocycles. The van der Waals surface area contributed by atoms with Crippen molar-refractivity contribution in [3.8, 4) is 11.1 Å². The summed E-state index contributed by atoms with van der Waals surface area (Å²) in [4.78, 5) is 9.81. The lowest BCUT2D eigenvalue weighted by Crippen LogP contribution is -2.04. The maximum Gasteiger partial charge on any atom is 0.155 e. The maximum atomic E-state index is 4.92. The van der Waals surface area contributed by atoms with Gasteiger partial charge < -0.3 is 0 Å². The minimum Gasteiger partial charge on any atom is -0.261 e. The van der Waals surface area contributed by atoms with E-state index in [0.717, 1.165) is 22.7 Å². The third-order valence-corrected chi connectivity index (χ3v) is 5.25. The van der Waals surface area contributed by atoms with Gasteiger partial charge in [0.15, 0.2) is 5.84 Å². The Kier molecular flexibility index (Phi) is 6.49. The third-order valence-electron chi connectivity index (χ3n) is 5.25. The molecular weight excluding hydrogens is 376 g/mol. The van der Waals surface area contributed by atoms with Crippen LogP contribution in [0, 0.1) is 6.92 Å². The maximum absolute atomic E-state index is 4.92. The Labute approximate surface area is 184 Å². The average Bonchev–Trinajstić information content (AvgIpc) is 2.84. The van der Waals surface area contributed by atoms with Crippen molar-refractivity contribution >= 4 is 11.5 Å². The molecule has 31 heavy (non-hydrogen) atoms. The fourth-order valence-electron chi connectivity index (χ4n) is 3.40. The van der Waals surface area contributed by atoms with Crippen molar-refractivity contribution in [3.05, 3.63) is 131 Å². The summed E-state index contributed by atoms with van der Waals surface area (Å²) >= 11 is 0. The zero-order valence-electron chi connectivity index (χ0n) is 18.0. The lowest BCUT2D eigenvalue weighted by atomic mass is 10.0. The van der Waals surface area contributed by atoms with E-state index in [9.17, 15) is 0 Å². The van der Waals surface area contributed by atoms with Crippen LogP contribution in [0.15, 0.2) is 119 Å². The molecule has 4 aromatic rings. The van der Waals surface area contributed by atoms with Crippen molar-refractivity contribution < 1.29 is 0 Å². The molecule has 4 rings (SSSR count). The van der Waals surface area contributed by atoms with Gasteiger partial charge in [-0.2, -0.15) is 0 Å². The van der Waals surface area contributed by atoms with Gasteiger partial charge in [-0.15, -0.1) is 0 Å². The normalized spacial score (nSPS) is 12.1. The first kappa shape index (κ1) is 20.5. The molecule has 152 valence electrons. The van der Waals surface area contributed by atoms with Gasteiger partial charge >= 0.3 is 0 Å². The standard InChI is InChI=1S/C29H26N2/c1-22-13-15-24(16-14-22)21-30-29(31-23(2)25-9-5-3-6-10-25)28-19-17-27(18-20-28)26-11-7-4-8-12-26/h3-20H,21H2,1-2H3. The highest BCUT2D eigenvalue weighted by Crippen LogP contribution is 2.20. The molecular formula is C29H26N2. The van der Waals surface area contributed by atoms with Crippen LogP contribution in [0.2, 0.25) is 0 Å². The molecule has 0 aliphatic carbocycles. The molecule has 0 heterocycles. The summed E-state index contributed by atoms with van der Waals surface area (Å²) in [5, 5.41) is 0. The molecule has 0 aliphatic heterocycles. The van der Waals surface area contributed by atoms with Crippen LogP contribution in [0.3, 0.4) is 0 Å². The van der Waals surface area contributed by atoms with E-state index in [1.54, 1.807) is 0 Å². The summed E-state index contributed by atoms with van der Waals surface area (Å²) in [6.45, 7) is 4.73. The Bertz CT molecular complexity index is 1170. The van der Waals surface area contributed by atoms with Gasteiger partial charge in [0.25, 0.3) is 0 Å². The third kappa shape index (κ3) is 5.43. The summed E-state index contributed by atoms with van der Waals surface area (Å²) in [7, 11) is 0. The van der Waals surface area contributed by atoms with Crippen LogP contribution < -0.4 is 0 Å². The number of hydrogen-bond acceptors (Lipinski definition) is 1. The second kappa shape index (κ2) is 9.82. The SMILES string of the molecule is CC(=NC(=NCc1ccc(C)cc1)c1ccc(-c2ccccc2)cc1)c1ccccc1. The average molecular weight is 403 g/mol. The number of rotatable bonds is 5. The lowest BCUT2D eigenvalue weighted by molar-refractivity contribution is 1.06. The van der Waals surface area contributed by atoms with Gasteiger partial charge in [0.1, 0.15) is 0 Å². The summed E-state index contributed by atoms with van der Waals surface area (Å²) in [6, 6.07) is 37.6. The molecule has 0 bridgehead atoms. The second-order valence-electron chi connectivity index (χ2n) is 7.63. The number of benzene rings is 4. The smallest absolute Gasteiger partial charge is 0.155 e. The van der Waals surface area contributed by atoms with Crippen molar-refractivity contribution in [1.82, 2.24) is 0 Å². The van der Waals surface area contributed by atoms with E-state index >= 15 is 0 Å². The van der Waals surface area contributed by atoms with Gasteiger partial charge in [0.05, 0.1) is 6.54 Å². The zero-order chi connectivity index (χ0) is 21.5. The number of amidine groups is 1. The van der Waals surface area contributed by atoms with Crippen LogP contribution in [0.4, 0.5) is 0 Å². The van der Waals surface area contributed by atoms with E-state index in [1.807, 2.05) is 31.2 Å². The number of hydrogen-bond donors (Lipinski definition) is 0. The predicted molar refractivity (Wildman–Crippen MR) is 132 cm³/mol. The first-order valence-electron chi connectivity index (χ1n) is 10.6. The molecule has 0 radical (unpaired) electrons. The molecule has 0 saturated carbocycles. The molecule has 0 unspecified atom stereocenters. The number of nitrogens with zero attached hydrogens (tertiary/aromatic N) is 2. The van der Waals surface area contributed by atoms with Crippen LogP contribution in [0.5, 0.6) is 0 Å². The first-order chi connectivity index (χ1) is 15.2. The highest BCUT2D eigenvalue weighted by molar-refractivity contribution is 6.11. The molecule has 2 nitrogen and oxygen atoms in total. The predicted octanol–water partition coefficient (Wildman–Crippen LogP) is 7.12. The van der Waals surface area contributed by atoms with E-state index in [-0.39, 0.29) is 0 Å².